The molecule has 2 atom stereocenters. The molecule has 130 heavy (non-hydrogen) atoms. The molecule has 6 aliphatic rings. The van der Waals surface area contributed by atoms with Crippen LogP contribution in [-0.4, -0.2) is 11.7 Å². The molecule has 35 heteroatoms. The average molecular weight is 2100 g/mol. The van der Waals surface area contributed by atoms with Crippen molar-refractivity contribution in [3.8, 4) is 58.5 Å². The predicted octanol–water partition coefficient (Wildman–Crippen LogP) is 43.7. The third kappa shape index (κ3) is 24.3. The van der Waals surface area contributed by atoms with E-state index in [1.165, 1.54) is 325 Å². The summed E-state index contributed by atoms with van der Waals surface area (Å²) in [5, 5.41) is 35.7. The summed E-state index contributed by atoms with van der Waals surface area (Å²) in [5.74, 6) is 0.882. The summed E-state index contributed by atoms with van der Waals surface area (Å²) in [5.41, 5.74) is 14.4. The van der Waals surface area contributed by atoms with Crippen molar-refractivity contribution >= 4 is 259 Å². The first-order valence-corrected chi connectivity index (χ1v) is 59.4. The van der Waals surface area contributed by atoms with Gasteiger partial charge in [-0.2, -0.15) is 11.3 Å². The molecule has 1 N–H and O–H groups in total. The number of hydrogen-bond donors (Lipinski definition) is 1. The van der Waals surface area contributed by atoms with E-state index in [1.54, 1.807) is 88.0 Å². The van der Waals surface area contributed by atoms with Crippen LogP contribution in [0.25, 0.3) is 63.4 Å². The van der Waals surface area contributed by atoms with Crippen LogP contribution < -0.4 is 0 Å². The van der Waals surface area contributed by atoms with E-state index in [2.05, 4.69) is 169 Å². The van der Waals surface area contributed by atoms with Crippen LogP contribution in [-0.2, 0) is 19.3 Å². The fraction of sp³-hybridized carbons (Fsp3) is 0.484. The molecule has 18 rings (SSSR count). The molecule has 0 spiro atoms. The lowest BCUT2D eigenvalue weighted by atomic mass is 9.88. The van der Waals surface area contributed by atoms with E-state index < -0.39 is 0 Å². The number of hydrogen-bond acceptors (Lipinski definition) is 31. The van der Waals surface area contributed by atoms with E-state index in [4.69, 9.17) is 32.9 Å². The Morgan fingerprint density at radius 3 is 1.33 bits per heavy atom. The van der Waals surface area contributed by atoms with Crippen LogP contribution in [0.2, 0.25) is 5.02 Å². The van der Waals surface area contributed by atoms with Crippen molar-refractivity contribution in [2.24, 2.45) is 69.6 Å². The number of nitrogens with zero attached hydrogens (tertiary/aromatic N) is 13. The van der Waals surface area contributed by atoms with Gasteiger partial charge in [0.1, 0.15) is 34.1 Å². The van der Waals surface area contributed by atoms with E-state index in [0.717, 1.165) is 111 Å². The highest BCUT2D eigenvalue weighted by molar-refractivity contribution is 7.99. The average Bonchev–Trinajstić information content (AvgIpc) is 1.60. The molecule has 0 aliphatic carbocycles. The van der Waals surface area contributed by atoms with Gasteiger partial charge in [-0.05, 0) is 193 Å². The van der Waals surface area contributed by atoms with E-state index >= 15 is 0 Å². The number of rotatable bonds is 27. The highest BCUT2D eigenvalue weighted by Gasteiger charge is 2.34. The number of aliphatic hydroxyl groups is 1. The molecule has 14 nitrogen and oxygen atoms in total. The molecule has 6 aliphatic heterocycles. The van der Waals surface area contributed by atoms with Crippen LogP contribution in [0.15, 0.2) is 99.3 Å². The standard InChI is InChI=1S/C35H58N2S3.C17H22N2OS3.C12H9N3S3.C11H9ClN2S3.C10H6F2N2S3.C10H8N2S3/c1-7-10-13-16-17-20-23-29(22-19-15-12-9-3)25-31-28(6)39-35-33(31)40-37-36-32-30(27(5)38-34(32)35)24-26(4)21-18-14-11-8-2;1-10-11(2)21-16-14(10)18-19-23-15-13(12(3)22-17(15)16)8-6-4-5-7-9-20;1-5-6(2)16-10-8(5)14-15-18-11-9(13-4)7(3)17-12(10)11;1-4-5(2)15-10-8(4)13-14-17-9-7(12)6(3)16-11(9)10;1-3-5(11)7-9(15-3)10-8(17-14-13-7)6(12)4(2)16-10;1-5-3-7-9(13-5)10-8(15-12-11-7)4-6(2)14-10/h26,29H,7-25H2,1-6H3;20H,4-9H2,1-3H3;1-3H3;1-3H3;1-2H3;3-4H,1-2H3. The zero-order chi connectivity index (χ0) is 92.7. The first-order valence-electron chi connectivity index (χ1n) is 44.5. The molecule has 0 bridgehead atoms. The smallest absolute Gasteiger partial charge is 0.216 e. The highest BCUT2D eigenvalue weighted by Crippen LogP contribution is 2.61. The van der Waals surface area contributed by atoms with E-state index in [1.807, 2.05) is 70.5 Å². The van der Waals surface area contributed by atoms with Gasteiger partial charge in [-0.15, -0.1) is 183 Å². The maximum absolute atomic E-state index is 13.8. The lowest BCUT2D eigenvalue weighted by Gasteiger charge is -2.18. The molecule has 0 fully saturated rings. The SMILES string of the molecule is CCCCCCCCC(CCCCCC)Cc1c(C)sc2c1SN=Nc1c-2sc(C)c1CC(C)CCCCCC.Cc1cc2c(s1)-c1sc(C)cc1SN=N2.Cc1sc2c(c1C)N=NSc1c-2sc(C)c1CCCCCCO.Cc1sc2c(c1C)N=NSc1c-2sc(C)c1Cl.Cc1sc2c(c1F)N=NSc1c-2sc(C)c1F.[C-]#[N+]c1c(C)sc2c1SN=Nc1c-2sc(C)c1C. The van der Waals surface area contributed by atoms with E-state index in [-0.39, 0.29) is 17.3 Å². The molecular formula is C95H112ClF2N13OS18. The third-order valence-corrected chi connectivity index (χ3v) is 43.9. The van der Waals surface area contributed by atoms with Crippen LogP contribution >= 0.6 is 219 Å². The number of aliphatic hydroxyl groups excluding tert-OH is 1. The Bertz CT molecular complexity index is 6090. The maximum atomic E-state index is 13.8. The second-order valence-corrected chi connectivity index (χ2v) is 53.0. The number of aryl methyl sites for hydroxylation is 12. The first-order chi connectivity index (χ1) is 62.7. The van der Waals surface area contributed by atoms with Gasteiger partial charge in [0.15, 0.2) is 11.6 Å². The van der Waals surface area contributed by atoms with Crippen LogP contribution in [0.5, 0.6) is 0 Å². The number of halogens is 3. The second kappa shape index (κ2) is 48.8. The summed E-state index contributed by atoms with van der Waals surface area (Å²) >= 11 is 35.5. The van der Waals surface area contributed by atoms with E-state index in [9.17, 15) is 8.78 Å². The molecule has 0 saturated carbocycles. The van der Waals surface area contributed by atoms with Crippen LogP contribution in [0, 0.1) is 134 Å². The Hall–Kier alpha value is -4.30. The minimum absolute atomic E-state index is 0.236. The predicted molar refractivity (Wildman–Crippen MR) is 575 cm³/mol. The van der Waals surface area contributed by atoms with Gasteiger partial charge in [-0.25, -0.2) is 13.6 Å². The Balaban J connectivity index is 0.000000138. The second-order valence-electron chi connectivity index (χ2n) is 33.3. The lowest BCUT2D eigenvalue weighted by molar-refractivity contribution is 0.282. The number of fused-ring (bicyclic) bond motifs is 18. The van der Waals surface area contributed by atoms with Gasteiger partial charge in [-0.1, -0.05) is 161 Å². The van der Waals surface area contributed by atoms with Gasteiger partial charge < -0.3 is 5.11 Å². The summed E-state index contributed by atoms with van der Waals surface area (Å²) in [6, 6.07) is 4.29. The maximum Gasteiger partial charge on any atom is 0.216 e. The number of unbranched alkanes of at least 4 members (excludes halogenated alkanes) is 14. The Labute approximate surface area is 845 Å². The van der Waals surface area contributed by atoms with Crippen molar-refractivity contribution in [2.75, 3.05) is 6.61 Å². The summed E-state index contributed by atoms with van der Waals surface area (Å²) in [6.07, 6.45) is 31.2. The zero-order valence-electron chi connectivity index (χ0n) is 77.2. The highest BCUT2D eigenvalue weighted by atomic mass is 35.5. The molecule has 0 radical (unpaired) electrons. The molecule has 12 aromatic rings. The minimum Gasteiger partial charge on any atom is -0.396 e. The zero-order valence-corrected chi connectivity index (χ0v) is 92.7. The monoisotopic (exact) mass is 2100 g/mol. The molecule has 18 heterocycles. The van der Waals surface area contributed by atoms with Gasteiger partial charge in [0, 0.05) is 137 Å². The van der Waals surface area contributed by atoms with Crippen LogP contribution in [0.1, 0.15) is 254 Å². The van der Waals surface area contributed by atoms with Gasteiger partial charge in [0.25, 0.3) is 0 Å². The molecule has 692 valence electrons. The molecular weight excluding hydrogens is 1990 g/mol. The molecule has 2 unspecified atom stereocenters. The first kappa shape index (κ1) is 103. The largest absolute Gasteiger partial charge is 0.396 e. The van der Waals surface area contributed by atoms with Gasteiger partial charge in [0.2, 0.25) is 5.69 Å². The topological polar surface area (TPSA) is 173 Å². The third-order valence-electron chi connectivity index (χ3n) is 23.5. The van der Waals surface area contributed by atoms with Crippen molar-refractivity contribution in [1.29, 1.82) is 0 Å². The lowest BCUT2D eigenvalue weighted by Crippen LogP contribution is -2.06. The van der Waals surface area contributed by atoms with Gasteiger partial charge in [0.05, 0.1) is 99.5 Å². The van der Waals surface area contributed by atoms with Gasteiger partial charge >= 0.3 is 0 Å². The Morgan fingerprint density at radius 2 is 0.738 bits per heavy atom. The number of thiophene rings is 12. The molecule has 0 amide bonds. The molecule has 12 aromatic heterocycles. The summed E-state index contributed by atoms with van der Waals surface area (Å²) in [6.45, 7) is 48.3. The quantitative estimate of drug-likeness (QED) is 0.0303. The minimum atomic E-state index is -0.353. The van der Waals surface area contributed by atoms with Gasteiger partial charge in [-0.3, -0.25) is 0 Å². The molecule has 0 saturated heterocycles. The summed E-state index contributed by atoms with van der Waals surface area (Å²) < 4.78 is 53.0. The summed E-state index contributed by atoms with van der Waals surface area (Å²) in [4.78, 5) is 38.6. The van der Waals surface area contributed by atoms with E-state index in [0.29, 0.717) is 32.1 Å². The molecule has 0 aromatic carbocycles. The van der Waals surface area contributed by atoms with Crippen molar-refractivity contribution in [1.82, 2.24) is 0 Å². The van der Waals surface area contributed by atoms with Crippen LogP contribution in [0.4, 0.5) is 48.6 Å². The fourth-order valence-corrected chi connectivity index (χ4v) is 35.6. The van der Waals surface area contributed by atoms with Crippen molar-refractivity contribution in [3.05, 3.63) is 132 Å². The normalized spacial score (nSPS) is 13.5. The summed E-state index contributed by atoms with van der Waals surface area (Å²) in [7, 11) is 0. The fourth-order valence-electron chi connectivity index (χ4n) is 15.9. The van der Waals surface area contributed by atoms with Crippen molar-refractivity contribution in [2.45, 2.75) is 315 Å². The Kier molecular flexibility index (Phi) is 38.7. The van der Waals surface area contributed by atoms with Crippen molar-refractivity contribution < 1.29 is 13.9 Å². The van der Waals surface area contributed by atoms with Crippen molar-refractivity contribution in [3.63, 3.8) is 0 Å². The Morgan fingerprint density at radius 1 is 0.346 bits per heavy atom. The van der Waals surface area contributed by atoms with Crippen LogP contribution in [0.3, 0.4) is 0 Å².